The lowest BCUT2D eigenvalue weighted by molar-refractivity contribution is -0.0874. The van der Waals surface area contributed by atoms with E-state index in [9.17, 15) is 10.2 Å². The molecule has 0 radical (unpaired) electrons. The molecule has 0 spiro atoms. The van der Waals surface area contributed by atoms with E-state index in [2.05, 4.69) is 34.6 Å². The van der Waals surface area contributed by atoms with E-state index < -0.39 is 0 Å². The van der Waals surface area contributed by atoms with E-state index in [1.54, 1.807) is 0 Å². The number of hydrogen-bond acceptors (Lipinski definition) is 2. The summed E-state index contributed by atoms with van der Waals surface area (Å²) in [5, 5.41) is 21.3. The Balaban J connectivity index is 1.52. The first-order valence-corrected chi connectivity index (χ1v) is 12.7. The minimum absolute atomic E-state index is 0.115. The molecule has 3 fully saturated rings. The van der Waals surface area contributed by atoms with Gasteiger partial charge in [-0.2, -0.15) is 0 Å². The second-order valence-electron chi connectivity index (χ2n) is 12.3. The molecule has 0 aromatic carbocycles. The maximum Gasteiger partial charge on any atom is 0.0759 e. The van der Waals surface area contributed by atoms with Gasteiger partial charge in [-0.15, -0.1) is 0 Å². The molecule has 166 valence electrons. The highest BCUT2D eigenvalue weighted by atomic mass is 16.3. The highest BCUT2D eigenvalue weighted by Gasteiger charge is 2.60. The van der Waals surface area contributed by atoms with Crippen LogP contribution in [0.2, 0.25) is 0 Å². The summed E-state index contributed by atoms with van der Waals surface area (Å²) in [5.74, 6) is 4.70. The van der Waals surface area contributed by atoms with Crippen molar-refractivity contribution in [3.8, 4) is 0 Å². The Bertz CT molecular complexity index is 624. The van der Waals surface area contributed by atoms with Crippen LogP contribution < -0.4 is 0 Å². The summed E-state index contributed by atoms with van der Waals surface area (Å²) in [6.45, 7) is 12.3. The monoisotopic (exact) mass is 402 g/mol. The van der Waals surface area contributed by atoms with Gasteiger partial charge in [-0.25, -0.2) is 0 Å². The van der Waals surface area contributed by atoms with Crippen LogP contribution in [0.15, 0.2) is 11.6 Å². The molecular weight excluding hydrogens is 356 g/mol. The first-order chi connectivity index (χ1) is 13.7. The van der Waals surface area contributed by atoms with Crippen LogP contribution in [0.4, 0.5) is 0 Å². The van der Waals surface area contributed by atoms with Crippen molar-refractivity contribution in [2.75, 3.05) is 0 Å². The fraction of sp³-hybridized carbons (Fsp3) is 0.926. The average molecular weight is 403 g/mol. The summed E-state index contributed by atoms with van der Waals surface area (Å²) in [6, 6.07) is 0. The number of rotatable bonds is 5. The second-order valence-corrected chi connectivity index (χ2v) is 12.3. The van der Waals surface area contributed by atoms with Crippen LogP contribution in [0.3, 0.4) is 0 Å². The molecule has 4 rings (SSSR count). The maximum absolute atomic E-state index is 11.1. The van der Waals surface area contributed by atoms with E-state index in [-0.39, 0.29) is 17.6 Å². The van der Waals surface area contributed by atoms with Crippen molar-refractivity contribution < 1.29 is 10.2 Å². The molecule has 0 bridgehead atoms. The fourth-order valence-electron chi connectivity index (χ4n) is 8.78. The number of aliphatic hydroxyl groups excluding tert-OH is 2. The number of hydrogen-bond donors (Lipinski definition) is 2. The third kappa shape index (κ3) is 3.65. The third-order valence-corrected chi connectivity index (χ3v) is 10.3. The van der Waals surface area contributed by atoms with Gasteiger partial charge in [0.15, 0.2) is 0 Å². The molecule has 0 aromatic rings. The van der Waals surface area contributed by atoms with Crippen molar-refractivity contribution in [1.29, 1.82) is 0 Å². The predicted molar refractivity (Wildman–Crippen MR) is 120 cm³/mol. The topological polar surface area (TPSA) is 40.5 Å². The highest BCUT2D eigenvalue weighted by Crippen LogP contribution is 2.67. The van der Waals surface area contributed by atoms with E-state index in [0.29, 0.717) is 17.3 Å². The summed E-state index contributed by atoms with van der Waals surface area (Å²) in [7, 11) is 0. The quantitative estimate of drug-likeness (QED) is 0.525. The first kappa shape index (κ1) is 21.9. The predicted octanol–water partition coefficient (Wildman–Crippen LogP) is 6.36. The highest BCUT2D eigenvalue weighted by molar-refractivity contribution is 5.29. The Morgan fingerprint density at radius 2 is 1.72 bits per heavy atom. The van der Waals surface area contributed by atoms with Gasteiger partial charge in [0.05, 0.1) is 12.2 Å². The van der Waals surface area contributed by atoms with Gasteiger partial charge >= 0.3 is 0 Å². The van der Waals surface area contributed by atoms with Crippen molar-refractivity contribution in [1.82, 2.24) is 0 Å². The van der Waals surface area contributed by atoms with Crippen LogP contribution in [0, 0.1) is 46.3 Å². The molecule has 2 heteroatoms. The molecule has 29 heavy (non-hydrogen) atoms. The molecule has 0 amide bonds. The van der Waals surface area contributed by atoms with Crippen LogP contribution in [-0.4, -0.2) is 22.4 Å². The summed E-state index contributed by atoms with van der Waals surface area (Å²) >= 11 is 0. The summed E-state index contributed by atoms with van der Waals surface area (Å²) in [6.07, 6.45) is 13.8. The summed E-state index contributed by atoms with van der Waals surface area (Å²) in [4.78, 5) is 0. The van der Waals surface area contributed by atoms with E-state index in [4.69, 9.17) is 0 Å². The minimum atomic E-state index is -0.347. The van der Waals surface area contributed by atoms with Gasteiger partial charge in [-0.3, -0.25) is 0 Å². The van der Waals surface area contributed by atoms with E-state index in [1.165, 1.54) is 50.5 Å². The Morgan fingerprint density at radius 3 is 2.45 bits per heavy atom. The van der Waals surface area contributed by atoms with Gasteiger partial charge in [0.25, 0.3) is 0 Å². The van der Waals surface area contributed by atoms with Gasteiger partial charge in [0.2, 0.25) is 0 Å². The van der Waals surface area contributed by atoms with Crippen LogP contribution in [0.1, 0.15) is 98.8 Å². The smallest absolute Gasteiger partial charge is 0.0759 e. The normalized spacial score (nSPS) is 47.9. The summed E-state index contributed by atoms with van der Waals surface area (Å²) < 4.78 is 0. The van der Waals surface area contributed by atoms with Gasteiger partial charge in [-0.05, 0) is 96.9 Å². The molecular formula is C27H46O2. The average Bonchev–Trinajstić information content (AvgIpc) is 3.00. The molecule has 0 saturated heterocycles. The van der Waals surface area contributed by atoms with Crippen molar-refractivity contribution in [3.63, 3.8) is 0 Å². The van der Waals surface area contributed by atoms with E-state index in [1.807, 2.05) is 6.08 Å². The molecule has 0 aliphatic heterocycles. The zero-order valence-electron chi connectivity index (χ0n) is 19.7. The van der Waals surface area contributed by atoms with Crippen molar-refractivity contribution >= 4 is 0 Å². The minimum Gasteiger partial charge on any atom is -0.389 e. The third-order valence-electron chi connectivity index (χ3n) is 10.3. The number of aliphatic hydroxyl groups is 2. The van der Waals surface area contributed by atoms with Crippen LogP contribution in [0.5, 0.6) is 0 Å². The fourth-order valence-corrected chi connectivity index (χ4v) is 8.78. The Labute approximate surface area is 179 Å². The molecule has 3 saturated carbocycles. The largest absolute Gasteiger partial charge is 0.389 e. The molecule has 0 unspecified atom stereocenters. The molecule has 9 atom stereocenters. The van der Waals surface area contributed by atoms with Gasteiger partial charge in [0, 0.05) is 0 Å². The molecule has 0 aromatic heterocycles. The van der Waals surface area contributed by atoms with Crippen molar-refractivity contribution in [3.05, 3.63) is 11.6 Å². The van der Waals surface area contributed by atoms with E-state index >= 15 is 0 Å². The Morgan fingerprint density at radius 1 is 0.966 bits per heavy atom. The lowest BCUT2D eigenvalue weighted by Gasteiger charge is -2.60. The SMILES string of the molecule is CC(C)CCC[C@H](C)[C@@H]1CC[C@@H]2[C@H]3C[C@H](O)C4=C[C@@H](O)CC[C@]4(C)[C@@H]3CC[C@]21C. The van der Waals surface area contributed by atoms with Crippen LogP contribution in [-0.2, 0) is 0 Å². The lowest BCUT2D eigenvalue weighted by atomic mass is 9.46. The van der Waals surface area contributed by atoms with Crippen LogP contribution >= 0.6 is 0 Å². The molecule has 2 N–H and O–H groups in total. The maximum atomic E-state index is 11.1. The second kappa shape index (κ2) is 7.97. The summed E-state index contributed by atoms with van der Waals surface area (Å²) in [5.41, 5.74) is 1.77. The Hall–Kier alpha value is -0.340. The van der Waals surface area contributed by atoms with Gasteiger partial charge in [-0.1, -0.05) is 60.0 Å². The van der Waals surface area contributed by atoms with Crippen molar-refractivity contribution in [2.24, 2.45) is 46.3 Å². The molecule has 4 aliphatic carbocycles. The Kier molecular flexibility index (Phi) is 6.01. The van der Waals surface area contributed by atoms with Gasteiger partial charge in [0.1, 0.15) is 0 Å². The standard InChI is InChI=1S/C27H46O2/c1-17(2)7-6-8-18(3)21-9-10-22-20-16-25(29)24-15-19(28)11-13-27(24,5)23(20)12-14-26(21,22)4/h15,17-23,25,28-29H,6-14,16H2,1-5H3/t18-,19-,20+,21-,22+,23+,25-,26-,27+/m0/s1. The lowest BCUT2D eigenvalue weighted by Crippen LogP contribution is -2.54. The zero-order chi connectivity index (χ0) is 21.0. The van der Waals surface area contributed by atoms with Crippen LogP contribution in [0.25, 0.3) is 0 Å². The van der Waals surface area contributed by atoms with Crippen molar-refractivity contribution in [2.45, 2.75) is 111 Å². The number of fused-ring (bicyclic) bond motifs is 5. The van der Waals surface area contributed by atoms with Gasteiger partial charge < -0.3 is 10.2 Å². The molecule has 0 heterocycles. The first-order valence-electron chi connectivity index (χ1n) is 12.7. The molecule has 4 aliphatic rings. The molecule has 2 nitrogen and oxygen atoms in total. The van der Waals surface area contributed by atoms with E-state index in [0.717, 1.165) is 42.9 Å². The zero-order valence-corrected chi connectivity index (χ0v) is 19.7.